The Balaban J connectivity index is 2.38. The van der Waals surface area contributed by atoms with Crippen LogP contribution in [0.3, 0.4) is 0 Å². The van der Waals surface area contributed by atoms with Gasteiger partial charge in [0.25, 0.3) is 0 Å². The molecule has 0 aliphatic heterocycles. The van der Waals surface area contributed by atoms with E-state index in [0.717, 1.165) is 4.31 Å². The van der Waals surface area contributed by atoms with Crippen molar-refractivity contribution < 1.29 is 13.2 Å². The Morgan fingerprint density at radius 3 is 2.24 bits per heavy atom. The molecule has 2 rings (SSSR count). The molecular formula is C15H14Cl3N3O3S. The molecule has 2 aromatic carbocycles. The molecular weight excluding hydrogens is 409 g/mol. The van der Waals surface area contributed by atoms with Crippen molar-refractivity contribution >= 4 is 50.7 Å². The third-order valence-electron chi connectivity index (χ3n) is 3.28. The van der Waals surface area contributed by atoms with Crippen LogP contribution in [0.15, 0.2) is 47.4 Å². The van der Waals surface area contributed by atoms with E-state index in [1.807, 2.05) is 5.43 Å². The van der Waals surface area contributed by atoms with Crippen LogP contribution in [0, 0.1) is 0 Å². The van der Waals surface area contributed by atoms with Crippen LogP contribution in [0.2, 0.25) is 15.1 Å². The van der Waals surface area contributed by atoms with E-state index in [1.165, 1.54) is 30.3 Å². The third-order valence-corrected chi connectivity index (χ3v) is 6.07. The summed E-state index contributed by atoms with van der Waals surface area (Å²) in [5.41, 5.74) is 2.49. The maximum Gasteiger partial charge on any atom is 0.249 e. The lowest BCUT2D eigenvalue weighted by molar-refractivity contribution is -0.121. The van der Waals surface area contributed by atoms with E-state index in [-0.39, 0.29) is 16.5 Å². The first-order valence-corrected chi connectivity index (χ1v) is 9.50. The number of benzene rings is 2. The molecule has 2 aromatic rings. The highest BCUT2D eigenvalue weighted by atomic mass is 35.5. The summed E-state index contributed by atoms with van der Waals surface area (Å²) in [4.78, 5) is 11.7. The van der Waals surface area contributed by atoms with Crippen LogP contribution in [0.25, 0.3) is 0 Å². The molecule has 0 radical (unpaired) electrons. The second-order valence-corrected chi connectivity index (χ2v) is 8.23. The number of nitrogens with one attached hydrogen (secondary N) is 1. The second-order valence-electron chi connectivity index (χ2n) is 5.04. The molecule has 25 heavy (non-hydrogen) atoms. The van der Waals surface area contributed by atoms with E-state index < -0.39 is 22.5 Å². The number of hydrogen-bond acceptors (Lipinski definition) is 4. The molecule has 0 aliphatic carbocycles. The minimum Gasteiger partial charge on any atom is -0.293 e. The molecule has 0 aromatic heterocycles. The van der Waals surface area contributed by atoms with Gasteiger partial charge < -0.3 is 0 Å². The van der Waals surface area contributed by atoms with E-state index in [0.29, 0.717) is 15.6 Å². The Morgan fingerprint density at radius 2 is 1.68 bits per heavy atom. The topological polar surface area (TPSA) is 92.5 Å². The van der Waals surface area contributed by atoms with Gasteiger partial charge in [-0.2, -0.15) is 4.31 Å². The summed E-state index contributed by atoms with van der Waals surface area (Å²) in [6.45, 7) is -0.545. The van der Waals surface area contributed by atoms with Crippen LogP contribution in [-0.4, -0.2) is 25.2 Å². The van der Waals surface area contributed by atoms with Crippen molar-refractivity contribution in [1.82, 2.24) is 9.73 Å². The Morgan fingerprint density at radius 1 is 1.04 bits per heavy atom. The number of nitrogens with zero attached hydrogens (tertiary/aromatic N) is 1. The molecule has 0 spiro atoms. The summed E-state index contributed by atoms with van der Waals surface area (Å²) in [6, 6.07) is 10.3. The van der Waals surface area contributed by atoms with Gasteiger partial charge in [0.05, 0.1) is 21.5 Å². The maximum atomic E-state index is 12.9. The van der Waals surface area contributed by atoms with Crippen LogP contribution in [-0.2, 0) is 21.4 Å². The predicted molar refractivity (Wildman–Crippen MR) is 97.8 cm³/mol. The highest BCUT2D eigenvalue weighted by Crippen LogP contribution is 2.25. The van der Waals surface area contributed by atoms with Gasteiger partial charge in [-0.15, -0.1) is 0 Å². The Labute approximate surface area is 160 Å². The second kappa shape index (κ2) is 8.35. The first kappa shape index (κ1) is 20.0. The van der Waals surface area contributed by atoms with Crippen LogP contribution in [0.4, 0.5) is 0 Å². The molecule has 6 nitrogen and oxygen atoms in total. The van der Waals surface area contributed by atoms with Gasteiger partial charge in [0.1, 0.15) is 0 Å². The molecule has 0 bridgehead atoms. The zero-order valence-electron chi connectivity index (χ0n) is 12.7. The lowest BCUT2D eigenvalue weighted by Crippen LogP contribution is -2.42. The summed E-state index contributed by atoms with van der Waals surface area (Å²) in [7, 11) is -3.96. The molecule has 0 heterocycles. The smallest absolute Gasteiger partial charge is 0.249 e. The zero-order valence-corrected chi connectivity index (χ0v) is 15.8. The van der Waals surface area contributed by atoms with Crippen molar-refractivity contribution in [3.05, 3.63) is 63.1 Å². The molecule has 134 valence electrons. The van der Waals surface area contributed by atoms with Crippen LogP contribution in [0.1, 0.15) is 5.56 Å². The molecule has 0 unspecified atom stereocenters. The van der Waals surface area contributed by atoms with E-state index in [2.05, 4.69) is 0 Å². The number of hydrazine groups is 1. The van der Waals surface area contributed by atoms with Gasteiger partial charge in [-0.3, -0.25) is 10.2 Å². The minimum atomic E-state index is -3.96. The molecule has 1 amide bonds. The Hall–Kier alpha value is -1.35. The summed E-state index contributed by atoms with van der Waals surface area (Å²) in [5.74, 6) is 4.43. The largest absolute Gasteiger partial charge is 0.293 e. The fourth-order valence-electron chi connectivity index (χ4n) is 2.03. The quantitative estimate of drug-likeness (QED) is 0.425. The first-order valence-electron chi connectivity index (χ1n) is 6.93. The first-order chi connectivity index (χ1) is 11.7. The average Bonchev–Trinajstić information content (AvgIpc) is 2.57. The molecule has 0 saturated carbocycles. The van der Waals surface area contributed by atoms with Crippen molar-refractivity contribution in [2.24, 2.45) is 5.84 Å². The standard InChI is InChI=1S/C15H14Cl3N3O3S/c16-11-2-4-12(5-3-11)25(23,24)21(9-15(22)20-19)8-10-1-6-13(17)14(18)7-10/h1-7H,8-9,19H2,(H,20,22). The van der Waals surface area contributed by atoms with E-state index in [1.54, 1.807) is 12.1 Å². The van der Waals surface area contributed by atoms with Gasteiger partial charge in [0, 0.05) is 11.6 Å². The normalized spacial score (nSPS) is 11.6. The number of sulfonamides is 1. The number of carbonyl (C=O) groups is 1. The fourth-order valence-corrected chi connectivity index (χ4v) is 3.86. The fraction of sp³-hybridized carbons (Fsp3) is 0.133. The molecule has 10 heteroatoms. The van der Waals surface area contributed by atoms with Gasteiger partial charge in [-0.05, 0) is 42.0 Å². The number of nitrogens with two attached hydrogens (primary N) is 1. The van der Waals surface area contributed by atoms with Crippen molar-refractivity contribution in [1.29, 1.82) is 0 Å². The van der Waals surface area contributed by atoms with Crippen LogP contribution >= 0.6 is 34.8 Å². The van der Waals surface area contributed by atoms with Crippen molar-refractivity contribution in [2.75, 3.05) is 6.54 Å². The lowest BCUT2D eigenvalue weighted by atomic mass is 10.2. The summed E-state index contributed by atoms with van der Waals surface area (Å²) >= 11 is 17.6. The van der Waals surface area contributed by atoms with Gasteiger partial charge in [0.15, 0.2) is 0 Å². The van der Waals surface area contributed by atoms with Gasteiger partial charge >= 0.3 is 0 Å². The third kappa shape index (κ3) is 5.07. The monoisotopic (exact) mass is 421 g/mol. The van der Waals surface area contributed by atoms with Crippen molar-refractivity contribution in [2.45, 2.75) is 11.4 Å². The van der Waals surface area contributed by atoms with E-state index in [9.17, 15) is 13.2 Å². The molecule has 0 atom stereocenters. The SMILES string of the molecule is NNC(=O)CN(Cc1ccc(Cl)c(Cl)c1)S(=O)(=O)c1ccc(Cl)cc1. The predicted octanol–water partition coefficient (Wildman–Crippen LogP) is 2.83. The van der Waals surface area contributed by atoms with Gasteiger partial charge in [-0.25, -0.2) is 14.3 Å². The highest BCUT2D eigenvalue weighted by molar-refractivity contribution is 7.89. The minimum absolute atomic E-state index is 0.00165. The summed E-state index contributed by atoms with van der Waals surface area (Å²) in [5, 5.41) is 1.03. The zero-order chi connectivity index (χ0) is 18.6. The van der Waals surface area contributed by atoms with Crippen molar-refractivity contribution in [3.8, 4) is 0 Å². The molecule has 3 N–H and O–H groups in total. The number of carbonyl (C=O) groups excluding carboxylic acids is 1. The van der Waals surface area contributed by atoms with E-state index >= 15 is 0 Å². The van der Waals surface area contributed by atoms with E-state index in [4.69, 9.17) is 40.6 Å². The highest BCUT2D eigenvalue weighted by Gasteiger charge is 2.27. The number of amides is 1. The van der Waals surface area contributed by atoms with Crippen LogP contribution < -0.4 is 11.3 Å². The lowest BCUT2D eigenvalue weighted by Gasteiger charge is -2.21. The molecule has 0 aliphatic rings. The van der Waals surface area contributed by atoms with Crippen LogP contribution in [0.5, 0.6) is 0 Å². The Bertz CT molecular complexity index is 873. The molecule has 0 saturated heterocycles. The van der Waals surface area contributed by atoms with Gasteiger partial charge in [0.2, 0.25) is 15.9 Å². The maximum absolute atomic E-state index is 12.9. The van der Waals surface area contributed by atoms with Gasteiger partial charge in [-0.1, -0.05) is 40.9 Å². The molecule has 0 fully saturated rings. The average molecular weight is 423 g/mol. The summed E-state index contributed by atoms with van der Waals surface area (Å²) in [6.07, 6.45) is 0. The van der Waals surface area contributed by atoms with Crippen molar-refractivity contribution in [3.63, 3.8) is 0 Å². The Kier molecular flexibility index (Phi) is 6.67. The summed E-state index contributed by atoms with van der Waals surface area (Å²) < 4.78 is 26.7. The number of rotatable bonds is 6. The number of hydrogen-bond donors (Lipinski definition) is 2. The number of halogens is 3.